The van der Waals surface area contributed by atoms with Gasteiger partial charge in [-0.3, -0.25) is 4.79 Å². The molecule has 0 fully saturated rings. The first-order valence-corrected chi connectivity index (χ1v) is 7.84. The Balaban J connectivity index is 1.92. The van der Waals surface area contributed by atoms with Gasteiger partial charge in [-0.05, 0) is 46.9 Å². The number of aryl methyl sites for hydroxylation is 1. The highest BCUT2D eigenvalue weighted by Crippen LogP contribution is 2.29. The SMILES string of the molecule is CCOC(=O)CCCc1cc2ccccc2c2ccccc12. The lowest BCUT2D eigenvalue weighted by atomic mass is 9.94. The molecule has 0 unspecified atom stereocenters. The van der Waals surface area contributed by atoms with Crippen LogP contribution in [0, 0.1) is 0 Å². The van der Waals surface area contributed by atoms with Gasteiger partial charge in [0.1, 0.15) is 0 Å². The molecule has 0 saturated heterocycles. The van der Waals surface area contributed by atoms with Crippen LogP contribution in [-0.4, -0.2) is 12.6 Å². The van der Waals surface area contributed by atoms with Gasteiger partial charge in [-0.2, -0.15) is 0 Å². The summed E-state index contributed by atoms with van der Waals surface area (Å²) in [6, 6.07) is 19.2. The van der Waals surface area contributed by atoms with Gasteiger partial charge in [0.2, 0.25) is 0 Å². The van der Waals surface area contributed by atoms with Crippen LogP contribution in [0.5, 0.6) is 0 Å². The second-order valence-electron chi connectivity index (χ2n) is 5.46. The summed E-state index contributed by atoms with van der Waals surface area (Å²) in [7, 11) is 0. The van der Waals surface area contributed by atoms with E-state index in [2.05, 4.69) is 54.6 Å². The number of rotatable bonds is 5. The molecular weight excluding hydrogens is 272 g/mol. The van der Waals surface area contributed by atoms with Gasteiger partial charge in [-0.15, -0.1) is 0 Å². The summed E-state index contributed by atoms with van der Waals surface area (Å²) in [5.41, 5.74) is 1.30. The van der Waals surface area contributed by atoms with Crippen molar-refractivity contribution >= 4 is 27.5 Å². The molecule has 0 N–H and O–H groups in total. The molecule has 0 saturated carbocycles. The van der Waals surface area contributed by atoms with Crippen molar-refractivity contribution in [3.8, 4) is 0 Å². The quantitative estimate of drug-likeness (QED) is 0.495. The van der Waals surface area contributed by atoms with Crippen LogP contribution in [0.15, 0.2) is 54.6 Å². The summed E-state index contributed by atoms with van der Waals surface area (Å²) in [5.74, 6) is -0.104. The maximum atomic E-state index is 11.5. The molecule has 0 aliphatic rings. The maximum absolute atomic E-state index is 11.5. The van der Waals surface area contributed by atoms with Crippen LogP contribution in [0.4, 0.5) is 0 Å². The third-order valence-corrected chi connectivity index (χ3v) is 3.99. The van der Waals surface area contributed by atoms with Crippen molar-refractivity contribution in [3.05, 3.63) is 60.2 Å². The van der Waals surface area contributed by atoms with Gasteiger partial charge in [0.05, 0.1) is 6.61 Å². The lowest BCUT2D eigenvalue weighted by molar-refractivity contribution is -0.143. The summed E-state index contributed by atoms with van der Waals surface area (Å²) in [5, 5.41) is 5.11. The Morgan fingerprint density at radius 2 is 1.64 bits per heavy atom. The zero-order chi connectivity index (χ0) is 15.4. The Morgan fingerprint density at radius 3 is 2.41 bits per heavy atom. The molecule has 2 nitrogen and oxygen atoms in total. The van der Waals surface area contributed by atoms with Gasteiger partial charge in [0, 0.05) is 6.42 Å². The molecule has 3 aromatic carbocycles. The van der Waals surface area contributed by atoms with E-state index in [0.29, 0.717) is 13.0 Å². The van der Waals surface area contributed by atoms with Crippen LogP contribution in [0.25, 0.3) is 21.5 Å². The van der Waals surface area contributed by atoms with Crippen LogP contribution in [-0.2, 0) is 16.0 Å². The average Bonchev–Trinajstić information content (AvgIpc) is 2.55. The van der Waals surface area contributed by atoms with Crippen molar-refractivity contribution < 1.29 is 9.53 Å². The van der Waals surface area contributed by atoms with E-state index in [1.54, 1.807) is 0 Å². The summed E-state index contributed by atoms with van der Waals surface area (Å²) >= 11 is 0. The lowest BCUT2D eigenvalue weighted by Gasteiger charge is -2.10. The van der Waals surface area contributed by atoms with Crippen molar-refractivity contribution in [2.75, 3.05) is 6.61 Å². The molecule has 0 amide bonds. The van der Waals surface area contributed by atoms with Gasteiger partial charge in [-0.25, -0.2) is 0 Å². The van der Waals surface area contributed by atoms with Crippen molar-refractivity contribution in [3.63, 3.8) is 0 Å². The number of carbonyl (C=O) groups excluding carboxylic acids is 1. The van der Waals surface area contributed by atoms with Gasteiger partial charge in [-0.1, -0.05) is 54.6 Å². The number of hydrogen-bond acceptors (Lipinski definition) is 2. The van der Waals surface area contributed by atoms with Gasteiger partial charge < -0.3 is 4.74 Å². The highest BCUT2D eigenvalue weighted by atomic mass is 16.5. The molecule has 0 heterocycles. The third-order valence-electron chi connectivity index (χ3n) is 3.99. The highest BCUT2D eigenvalue weighted by Gasteiger charge is 2.07. The van der Waals surface area contributed by atoms with Crippen LogP contribution in [0.3, 0.4) is 0 Å². The molecule has 0 aliphatic carbocycles. The van der Waals surface area contributed by atoms with E-state index in [1.165, 1.54) is 27.1 Å². The van der Waals surface area contributed by atoms with Crippen molar-refractivity contribution in [2.24, 2.45) is 0 Å². The largest absolute Gasteiger partial charge is 0.466 e. The first kappa shape index (κ1) is 14.6. The summed E-state index contributed by atoms with van der Waals surface area (Å²) < 4.78 is 5.00. The van der Waals surface area contributed by atoms with E-state index >= 15 is 0 Å². The normalized spacial score (nSPS) is 11.0. The van der Waals surface area contributed by atoms with Gasteiger partial charge >= 0.3 is 5.97 Å². The number of benzene rings is 3. The van der Waals surface area contributed by atoms with Gasteiger partial charge in [0.15, 0.2) is 0 Å². The summed E-state index contributed by atoms with van der Waals surface area (Å²) in [6.45, 7) is 2.30. The molecule has 2 heteroatoms. The molecule has 0 aliphatic heterocycles. The predicted octanol–water partition coefficient (Wildman–Crippen LogP) is 4.88. The minimum Gasteiger partial charge on any atom is -0.466 e. The summed E-state index contributed by atoms with van der Waals surface area (Å²) in [4.78, 5) is 11.5. The molecule has 3 rings (SSSR count). The molecule has 22 heavy (non-hydrogen) atoms. The zero-order valence-corrected chi connectivity index (χ0v) is 12.8. The number of fused-ring (bicyclic) bond motifs is 3. The van der Waals surface area contributed by atoms with Crippen LogP contribution in [0.1, 0.15) is 25.3 Å². The van der Waals surface area contributed by atoms with E-state index < -0.39 is 0 Å². The minimum absolute atomic E-state index is 0.104. The van der Waals surface area contributed by atoms with E-state index in [9.17, 15) is 4.79 Å². The minimum atomic E-state index is -0.104. The Labute approximate surface area is 130 Å². The smallest absolute Gasteiger partial charge is 0.305 e. The second kappa shape index (κ2) is 6.61. The van der Waals surface area contributed by atoms with E-state index in [1.807, 2.05) is 6.92 Å². The first-order valence-electron chi connectivity index (χ1n) is 7.84. The Morgan fingerprint density at radius 1 is 0.955 bits per heavy atom. The average molecular weight is 292 g/mol. The molecule has 0 spiro atoms. The van der Waals surface area contributed by atoms with Crippen molar-refractivity contribution in [1.82, 2.24) is 0 Å². The van der Waals surface area contributed by atoms with Gasteiger partial charge in [0.25, 0.3) is 0 Å². The molecular formula is C20H20O2. The molecule has 0 bridgehead atoms. The predicted molar refractivity (Wildman–Crippen MR) is 91.0 cm³/mol. The Hall–Kier alpha value is -2.35. The molecule has 0 aromatic heterocycles. The fraction of sp³-hybridized carbons (Fsp3) is 0.250. The monoisotopic (exact) mass is 292 g/mol. The highest BCUT2D eigenvalue weighted by molar-refractivity contribution is 6.08. The topological polar surface area (TPSA) is 26.3 Å². The number of ether oxygens (including phenoxy) is 1. The summed E-state index contributed by atoms with van der Waals surface area (Å²) in [6.07, 6.45) is 2.19. The third kappa shape index (κ3) is 2.96. The zero-order valence-electron chi connectivity index (χ0n) is 12.8. The van der Waals surface area contributed by atoms with E-state index in [0.717, 1.165) is 12.8 Å². The first-order chi connectivity index (χ1) is 10.8. The lowest BCUT2D eigenvalue weighted by Crippen LogP contribution is -2.04. The Kier molecular flexibility index (Phi) is 4.38. The molecule has 0 atom stereocenters. The standard InChI is InChI=1S/C20H20O2/c1-2-22-20(21)13-7-9-16-14-15-8-3-4-10-17(15)19-12-6-5-11-18(16)19/h3-6,8,10-12,14H,2,7,9,13H2,1H3. The molecule has 0 radical (unpaired) electrons. The molecule has 3 aromatic rings. The van der Waals surface area contributed by atoms with Crippen molar-refractivity contribution in [2.45, 2.75) is 26.2 Å². The molecule has 112 valence electrons. The number of hydrogen-bond donors (Lipinski definition) is 0. The second-order valence-corrected chi connectivity index (χ2v) is 5.46. The van der Waals surface area contributed by atoms with Crippen LogP contribution < -0.4 is 0 Å². The van der Waals surface area contributed by atoms with Crippen molar-refractivity contribution in [1.29, 1.82) is 0 Å². The van der Waals surface area contributed by atoms with E-state index in [4.69, 9.17) is 4.74 Å². The Bertz CT molecular complexity index is 805. The maximum Gasteiger partial charge on any atom is 0.305 e. The number of carbonyl (C=O) groups is 1. The van der Waals surface area contributed by atoms with Crippen LogP contribution in [0.2, 0.25) is 0 Å². The van der Waals surface area contributed by atoms with E-state index in [-0.39, 0.29) is 5.97 Å². The fourth-order valence-electron chi connectivity index (χ4n) is 2.99. The number of esters is 1. The van der Waals surface area contributed by atoms with Crippen LogP contribution >= 0.6 is 0 Å². The fourth-order valence-corrected chi connectivity index (χ4v) is 2.99.